The molecule has 0 unspecified atom stereocenters. The van der Waals surface area contributed by atoms with Crippen molar-refractivity contribution in [1.82, 2.24) is 4.90 Å². The van der Waals surface area contributed by atoms with Gasteiger partial charge in [-0.1, -0.05) is 0 Å². The molecule has 1 aliphatic heterocycles. The van der Waals surface area contributed by atoms with Crippen molar-refractivity contribution in [2.45, 2.75) is 11.8 Å². The molecule has 1 saturated heterocycles. The number of anilines is 1. The van der Waals surface area contributed by atoms with E-state index in [1.165, 1.54) is 24.3 Å². The van der Waals surface area contributed by atoms with E-state index in [0.29, 0.717) is 50.1 Å². The molecule has 0 radical (unpaired) electrons. The Hall–Kier alpha value is -2.78. The number of nitrogens with one attached hydrogen (secondary N) is 1. The lowest BCUT2D eigenvalue weighted by molar-refractivity contribution is -0.137. The molecule has 1 aliphatic rings. The second kappa shape index (κ2) is 9.62. The van der Waals surface area contributed by atoms with Crippen LogP contribution in [-0.4, -0.2) is 58.7 Å². The summed E-state index contributed by atoms with van der Waals surface area (Å²) in [5, 5.41) is 0. The Morgan fingerprint density at radius 2 is 1.59 bits per heavy atom. The van der Waals surface area contributed by atoms with E-state index >= 15 is 0 Å². The fraction of sp³-hybridized carbons (Fsp3) is 0.350. The van der Waals surface area contributed by atoms with Crippen LogP contribution < -0.4 is 14.2 Å². The number of benzene rings is 2. The third kappa shape index (κ3) is 5.85. The van der Waals surface area contributed by atoms with E-state index in [2.05, 4.69) is 4.72 Å². The molecular formula is C20H24N2O6S. The number of nitrogens with zero attached hydrogens (tertiary/aromatic N) is 1. The fourth-order valence-electron chi connectivity index (χ4n) is 2.76. The molecule has 9 heteroatoms. The van der Waals surface area contributed by atoms with E-state index < -0.39 is 10.0 Å². The molecule has 2 aromatic rings. The van der Waals surface area contributed by atoms with E-state index in [4.69, 9.17) is 14.2 Å². The van der Waals surface area contributed by atoms with Crippen molar-refractivity contribution in [1.29, 1.82) is 0 Å². The Kier molecular flexibility index (Phi) is 6.95. The van der Waals surface area contributed by atoms with Gasteiger partial charge in [0.05, 0.1) is 24.7 Å². The molecule has 0 aliphatic carbocycles. The first-order valence-electron chi connectivity index (χ1n) is 9.32. The molecule has 3 rings (SSSR count). The van der Waals surface area contributed by atoms with Gasteiger partial charge in [-0.15, -0.1) is 0 Å². The number of rotatable bonds is 8. The number of hydrogen-bond acceptors (Lipinski definition) is 6. The summed E-state index contributed by atoms with van der Waals surface area (Å²) in [5.41, 5.74) is 0.435. The molecule has 2 aromatic carbocycles. The van der Waals surface area contributed by atoms with Crippen LogP contribution in [0.15, 0.2) is 53.4 Å². The second-order valence-corrected chi connectivity index (χ2v) is 8.00. The molecule has 1 heterocycles. The summed E-state index contributed by atoms with van der Waals surface area (Å²) < 4.78 is 43.6. The maximum absolute atomic E-state index is 12.5. The number of ether oxygens (including phenoxy) is 3. The maximum atomic E-state index is 12.5. The van der Waals surface area contributed by atoms with Crippen molar-refractivity contribution < 1.29 is 27.4 Å². The molecule has 0 atom stereocenters. The Labute approximate surface area is 170 Å². The molecule has 156 valence electrons. The lowest BCUT2D eigenvalue weighted by Crippen LogP contribution is -2.42. The molecule has 1 amide bonds. The van der Waals surface area contributed by atoms with Crippen LogP contribution >= 0.6 is 0 Å². The van der Waals surface area contributed by atoms with Crippen LogP contribution in [0.1, 0.15) is 6.92 Å². The molecular weight excluding hydrogens is 396 g/mol. The minimum absolute atomic E-state index is 0.0956. The summed E-state index contributed by atoms with van der Waals surface area (Å²) in [6.45, 7) is 4.48. The minimum atomic E-state index is -3.74. The first-order chi connectivity index (χ1) is 14.0. The van der Waals surface area contributed by atoms with Gasteiger partial charge in [0, 0.05) is 18.8 Å². The van der Waals surface area contributed by atoms with Gasteiger partial charge in [-0.2, -0.15) is 0 Å². The van der Waals surface area contributed by atoms with Gasteiger partial charge in [0.25, 0.3) is 15.9 Å². The van der Waals surface area contributed by atoms with E-state index in [1.54, 1.807) is 29.2 Å². The second-order valence-electron chi connectivity index (χ2n) is 6.32. The molecule has 1 fully saturated rings. The number of morpholine rings is 1. The number of carbonyl (C=O) groups is 1. The third-order valence-corrected chi connectivity index (χ3v) is 5.67. The van der Waals surface area contributed by atoms with Crippen LogP contribution in [0, 0.1) is 0 Å². The van der Waals surface area contributed by atoms with E-state index in [1.807, 2.05) is 6.92 Å². The Morgan fingerprint density at radius 1 is 1.00 bits per heavy atom. The number of hydrogen-bond donors (Lipinski definition) is 1. The van der Waals surface area contributed by atoms with Crippen LogP contribution in [0.4, 0.5) is 5.69 Å². The zero-order valence-electron chi connectivity index (χ0n) is 16.2. The van der Waals surface area contributed by atoms with Crippen molar-refractivity contribution in [3.05, 3.63) is 48.5 Å². The monoisotopic (exact) mass is 420 g/mol. The maximum Gasteiger partial charge on any atom is 0.261 e. The Bertz CT molecular complexity index is 907. The van der Waals surface area contributed by atoms with E-state index in [9.17, 15) is 13.2 Å². The quantitative estimate of drug-likeness (QED) is 0.703. The van der Waals surface area contributed by atoms with Crippen LogP contribution in [0.2, 0.25) is 0 Å². The lowest BCUT2D eigenvalue weighted by atomic mass is 10.3. The first-order valence-corrected chi connectivity index (χ1v) is 10.8. The van der Waals surface area contributed by atoms with Gasteiger partial charge < -0.3 is 19.1 Å². The van der Waals surface area contributed by atoms with Crippen LogP contribution in [-0.2, 0) is 19.6 Å². The summed E-state index contributed by atoms with van der Waals surface area (Å²) in [6.07, 6.45) is 0. The molecule has 0 spiro atoms. The summed E-state index contributed by atoms with van der Waals surface area (Å²) in [7, 11) is -3.74. The number of amides is 1. The zero-order valence-corrected chi connectivity index (χ0v) is 17.0. The molecule has 1 N–H and O–H groups in total. The Morgan fingerprint density at radius 3 is 2.21 bits per heavy atom. The van der Waals surface area contributed by atoms with Crippen molar-refractivity contribution >= 4 is 21.6 Å². The number of carbonyl (C=O) groups excluding carboxylic acids is 1. The molecule has 0 aromatic heterocycles. The van der Waals surface area contributed by atoms with Crippen molar-refractivity contribution in [3.63, 3.8) is 0 Å². The van der Waals surface area contributed by atoms with Crippen LogP contribution in [0.5, 0.6) is 11.5 Å². The number of sulfonamides is 1. The predicted molar refractivity (Wildman–Crippen MR) is 108 cm³/mol. The minimum Gasteiger partial charge on any atom is -0.494 e. The van der Waals surface area contributed by atoms with Gasteiger partial charge in [0.1, 0.15) is 11.5 Å². The zero-order chi connectivity index (χ0) is 20.7. The highest BCUT2D eigenvalue weighted by molar-refractivity contribution is 7.92. The van der Waals surface area contributed by atoms with Crippen LogP contribution in [0.25, 0.3) is 0 Å². The smallest absolute Gasteiger partial charge is 0.261 e. The molecule has 8 nitrogen and oxygen atoms in total. The largest absolute Gasteiger partial charge is 0.494 e. The van der Waals surface area contributed by atoms with Crippen molar-refractivity contribution in [2.24, 2.45) is 0 Å². The standard InChI is InChI=1S/C20H24N2O6S/c1-2-27-17-5-3-16(4-6-17)21-29(24,25)19-9-7-18(8-10-19)28-15-20(23)22-11-13-26-14-12-22/h3-10,21H,2,11-15H2,1H3. The van der Waals surface area contributed by atoms with Crippen LogP contribution in [0.3, 0.4) is 0 Å². The fourth-order valence-corrected chi connectivity index (χ4v) is 3.82. The summed E-state index contributed by atoms with van der Waals surface area (Å²) >= 11 is 0. The normalized spacial score (nSPS) is 14.3. The highest BCUT2D eigenvalue weighted by Gasteiger charge is 2.18. The van der Waals surface area contributed by atoms with Gasteiger partial charge >= 0.3 is 0 Å². The lowest BCUT2D eigenvalue weighted by Gasteiger charge is -2.26. The first kappa shape index (κ1) is 20.9. The van der Waals surface area contributed by atoms with Gasteiger partial charge in [-0.05, 0) is 55.5 Å². The molecule has 29 heavy (non-hydrogen) atoms. The Balaban J connectivity index is 1.57. The predicted octanol–water partition coefficient (Wildman–Crippen LogP) is 2.12. The average molecular weight is 420 g/mol. The average Bonchev–Trinajstić information content (AvgIpc) is 2.74. The summed E-state index contributed by atoms with van der Waals surface area (Å²) in [5.74, 6) is 0.970. The van der Waals surface area contributed by atoms with Crippen molar-refractivity contribution in [2.75, 3.05) is 44.2 Å². The SMILES string of the molecule is CCOc1ccc(NS(=O)(=O)c2ccc(OCC(=O)N3CCOCC3)cc2)cc1. The van der Waals surface area contributed by atoms with Gasteiger partial charge in [-0.3, -0.25) is 9.52 Å². The van der Waals surface area contributed by atoms with E-state index in [-0.39, 0.29) is 17.4 Å². The van der Waals surface area contributed by atoms with E-state index in [0.717, 1.165) is 0 Å². The topological polar surface area (TPSA) is 94.2 Å². The van der Waals surface area contributed by atoms with Gasteiger partial charge in [0.15, 0.2) is 6.61 Å². The van der Waals surface area contributed by atoms with Gasteiger partial charge in [-0.25, -0.2) is 8.42 Å². The summed E-state index contributed by atoms with van der Waals surface area (Å²) in [6, 6.07) is 12.6. The van der Waals surface area contributed by atoms with Gasteiger partial charge in [0.2, 0.25) is 0 Å². The van der Waals surface area contributed by atoms with Crippen molar-refractivity contribution in [3.8, 4) is 11.5 Å². The third-order valence-electron chi connectivity index (χ3n) is 4.28. The highest BCUT2D eigenvalue weighted by Crippen LogP contribution is 2.21. The highest BCUT2D eigenvalue weighted by atomic mass is 32.2. The molecule has 0 bridgehead atoms. The summed E-state index contributed by atoms with van der Waals surface area (Å²) in [4.78, 5) is 13.9. The molecule has 0 saturated carbocycles.